The molecule has 0 saturated carbocycles. The third-order valence-corrected chi connectivity index (χ3v) is 6.48. The van der Waals surface area contributed by atoms with Crippen molar-refractivity contribution in [3.05, 3.63) is 48.5 Å². The lowest BCUT2D eigenvalue weighted by atomic mass is 10.0. The van der Waals surface area contributed by atoms with Crippen LogP contribution in [-0.2, 0) is 14.3 Å². The first kappa shape index (κ1) is 19.3. The Kier molecular flexibility index (Phi) is 5.62. The number of carboxylic acids is 1. The summed E-state index contributed by atoms with van der Waals surface area (Å²) in [6.45, 7) is 3.30. The molecule has 2 aliphatic heterocycles. The van der Waals surface area contributed by atoms with Crippen molar-refractivity contribution in [2.75, 3.05) is 24.7 Å². The molecular formula is C22H25NO4S. The van der Waals surface area contributed by atoms with Gasteiger partial charge in [-0.1, -0.05) is 42.4 Å². The second-order valence-corrected chi connectivity index (χ2v) is 8.51. The van der Waals surface area contributed by atoms with E-state index in [9.17, 15) is 4.79 Å². The van der Waals surface area contributed by atoms with Gasteiger partial charge in [0.2, 0.25) is 0 Å². The van der Waals surface area contributed by atoms with Gasteiger partial charge in [0, 0.05) is 29.2 Å². The smallest absolute Gasteiger partial charge is 0.364 e. The van der Waals surface area contributed by atoms with Gasteiger partial charge in [-0.05, 0) is 37.1 Å². The zero-order valence-corrected chi connectivity index (χ0v) is 16.8. The third kappa shape index (κ3) is 3.90. The van der Waals surface area contributed by atoms with Gasteiger partial charge >= 0.3 is 5.97 Å². The van der Waals surface area contributed by atoms with Crippen molar-refractivity contribution in [3.8, 4) is 0 Å². The zero-order valence-electron chi connectivity index (χ0n) is 16.0. The van der Waals surface area contributed by atoms with E-state index in [1.807, 2.05) is 11.8 Å². The lowest BCUT2D eigenvalue weighted by Gasteiger charge is -2.35. The van der Waals surface area contributed by atoms with Crippen LogP contribution in [0.4, 0.5) is 11.4 Å². The number of ether oxygens (including phenoxy) is 2. The Bertz CT molecular complexity index is 802. The fourth-order valence-corrected chi connectivity index (χ4v) is 4.75. The number of unbranched alkanes of at least 4 members (excludes halogenated alkanes) is 1. The Morgan fingerprint density at radius 2 is 1.64 bits per heavy atom. The number of aliphatic carboxylic acids is 1. The van der Waals surface area contributed by atoms with E-state index >= 15 is 0 Å². The van der Waals surface area contributed by atoms with Crippen molar-refractivity contribution in [2.24, 2.45) is 5.92 Å². The molecule has 1 fully saturated rings. The van der Waals surface area contributed by atoms with E-state index < -0.39 is 11.8 Å². The molecule has 0 radical (unpaired) electrons. The van der Waals surface area contributed by atoms with Gasteiger partial charge in [0.25, 0.3) is 5.79 Å². The highest BCUT2D eigenvalue weighted by molar-refractivity contribution is 7.99. The first-order valence-corrected chi connectivity index (χ1v) is 10.5. The number of hydrogen-bond acceptors (Lipinski definition) is 5. The van der Waals surface area contributed by atoms with E-state index in [0.29, 0.717) is 13.2 Å². The minimum Gasteiger partial charge on any atom is -0.477 e. The molecule has 0 spiro atoms. The molecule has 0 aromatic heterocycles. The van der Waals surface area contributed by atoms with E-state index in [1.165, 1.54) is 28.1 Å². The fraction of sp³-hybridized carbons (Fsp3) is 0.409. The van der Waals surface area contributed by atoms with Crippen LogP contribution in [0, 0.1) is 5.92 Å². The van der Waals surface area contributed by atoms with Gasteiger partial charge in [-0.3, -0.25) is 0 Å². The van der Waals surface area contributed by atoms with Crippen LogP contribution in [0.25, 0.3) is 0 Å². The quantitative estimate of drug-likeness (QED) is 0.696. The van der Waals surface area contributed by atoms with Gasteiger partial charge in [0.1, 0.15) is 0 Å². The average molecular weight is 400 g/mol. The van der Waals surface area contributed by atoms with E-state index in [2.05, 4.69) is 53.4 Å². The molecule has 1 N–H and O–H groups in total. The van der Waals surface area contributed by atoms with E-state index in [4.69, 9.17) is 14.6 Å². The Balaban J connectivity index is 1.33. The SMILES string of the molecule is CC1(C(=O)O)OCC(CCCCN2c3ccccc3Sc3ccccc32)CO1. The number of nitrogens with zero attached hydrogens (tertiary/aromatic N) is 1. The summed E-state index contributed by atoms with van der Waals surface area (Å²) in [5.74, 6) is -2.30. The van der Waals surface area contributed by atoms with E-state index in [-0.39, 0.29) is 5.92 Å². The van der Waals surface area contributed by atoms with Gasteiger partial charge in [0.05, 0.1) is 24.6 Å². The van der Waals surface area contributed by atoms with Gasteiger partial charge < -0.3 is 19.5 Å². The maximum absolute atomic E-state index is 11.2. The molecule has 0 bridgehead atoms. The Morgan fingerprint density at radius 3 is 2.21 bits per heavy atom. The normalized spacial score (nSPS) is 23.8. The summed E-state index contributed by atoms with van der Waals surface area (Å²) in [5.41, 5.74) is 2.54. The maximum atomic E-state index is 11.2. The topological polar surface area (TPSA) is 59.0 Å². The summed E-state index contributed by atoms with van der Waals surface area (Å²) in [6, 6.07) is 17.1. The molecule has 1 saturated heterocycles. The van der Waals surface area contributed by atoms with Crippen molar-refractivity contribution in [1.82, 2.24) is 0 Å². The molecular weight excluding hydrogens is 374 g/mol. The van der Waals surface area contributed by atoms with Gasteiger partial charge in [-0.15, -0.1) is 0 Å². The third-order valence-electron chi connectivity index (χ3n) is 5.35. The maximum Gasteiger partial charge on any atom is 0.364 e. The standard InChI is InChI=1S/C22H25NO4S/c1-22(21(24)25)26-14-16(15-27-22)8-6-7-13-23-17-9-2-4-11-19(17)28-20-12-5-3-10-18(20)23/h2-5,9-12,16H,6-8,13-15H2,1H3,(H,24,25). The summed E-state index contributed by atoms with van der Waals surface area (Å²) in [7, 11) is 0. The lowest BCUT2D eigenvalue weighted by Crippen LogP contribution is -2.47. The van der Waals surface area contributed by atoms with Crippen molar-refractivity contribution < 1.29 is 19.4 Å². The first-order valence-electron chi connectivity index (χ1n) is 9.71. The Morgan fingerprint density at radius 1 is 1.07 bits per heavy atom. The first-order chi connectivity index (χ1) is 13.6. The van der Waals surface area contributed by atoms with Crippen molar-refractivity contribution in [3.63, 3.8) is 0 Å². The van der Waals surface area contributed by atoms with E-state index in [0.717, 1.165) is 25.8 Å². The van der Waals surface area contributed by atoms with Crippen LogP contribution in [0.5, 0.6) is 0 Å². The molecule has 5 nitrogen and oxygen atoms in total. The molecule has 0 amide bonds. The summed E-state index contributed by atoms with van der Waals surface area (Å²) >= 11 is 1.83. The Hall–Kier alpha value is -2.02. The number of rotatable bonds is 6. The molecule has 2 heterocycles. The number of hydrogen-bond donors (Lipinski definition) is 1. The highest BCUT2D eigenvalue weighted by Gasteiger charge is 2.40. The molecule has 2 aliphatic rings. The number of fused-ring (bicyclic) bond motifs is 2. The molecule has 6 heteroatoms. The number of anilines is 2. The van der Waals surface area contributed by atoms with Gasteiger partial charge in [0.15, 0.2) is 0 Å². The van der Waals surface area contributed by atoms with Crippen LogP contribution in [0.2, 0.25) is 0 Å². The minimum atomic E-state index is -1.49. The van der Waals surface area contributed by atoms with Crippen LogP contribution in [0.15, 0.2) is 58.3 Å². The van der Waals surface area contributed by atoms with Crippen molar-refractivity contribution >= 4 is 29.1 Å². The molecule has 0 atom stereocenters. The highest BCUT2D eigenvalue weighted by Crippen LogP contribution is 2.47. The number of carbonyl (C=O) groups is 1. The molecule has 28 heavy (non-hydrogen) atoms. The summed E-state index contributed by atoms with van der Waals surface area (Å²) in [4.78, 5) is 16.2. The van der Waals surface area contributed by atoms with Crippen molar-refractivity contribution in [2.45, 2.75) is 41.8 Å². The summed E-state index contributed by atoms with van der Waals surface area (Å²) in [6.07, 6.45) is 3.08. The van der Waals surface area contributed by atoms with Crippen LogP contribution < -0.4 is 4.90 Å². The van der Waals surface area contributed by atoms with Crippen LogP contribution in [0.1, 0.15) is 26.2 Å². The lowest BCUT2D eigenvalue weighted by molar-refractivity contribution is -0.271. The minimum absolute atomic E-state index is 0.254. The van der Waals surface area contributed by atoms with Crippen LogP contribution in [0.3, 0.4) is 0 Å². The second-order valence-electron chi connectivity index (χ2n) is 7.42. The Labute approximate surface area is 169 Å². The predicted octanol–water partition coefficient (Wildman–Crippen LogP) is 4.92. The predicted molar refractivity (Wildman–Crippen MR) is 109 cm³/mol. The highest BCUT2D eigenvalue weighted by atomic mass is 32.2. The van der Waals surface area contributed by atoms with Crippen LogP contribution >= 0.6 is 11.8 Å². The van der Waals surface area contributed by atoms with Crippen molar-refractivity contribution in [1.29, 1.82) is 0 Å². The molecule has 2 aromatic carbocycles. The molecule has 148 valence electrons. The largest absolute Gasteiger partial charge is 0.477 e. The number of para-hydroxylation sites is 2. The average Bonchev–Trinajstić information content (AvgIpc) is 2.71. The molecule has 2 aromatic rings. The van der Waals surface area contributed by atoms with E-state index in [1.54, 1.807) is 0 Å². The second kappa shape index (κ2) is 8.15. The number of benzene rings is 2. The van der Waals surface area contributed by atoms with Crippen LogP contribution in [-0.4, -0.2) is 36.6 Å². The monoisotopic (exact) mass is 399 g/mol. The van der Waals surface area contributed by atoms with Gasteiger partial charge in [-0.25, -0.2) is 4.79 Å². The molecule has 0 aliphatic carbocycles. The molecule has 0 unspecified atom stereocenters. The summed E-state index contributed by atoms with van der Waals surface area (Å²) < 4.78 is 10.9. The molecule has 4 rings (SSSR count). The number of carboxylic acid groups (broad SMARTS) is 1. The fourth-order valence-electron chi connectivity index (χ4n) is 3.66. The van der Waals surface area contributed by atoms with Gasteiger partial charge in [-0.2, -0.15) is 0 Å². The summed E-state index contributed by atoms with van der Waals surface area (Å²) in [5, 5.41) is 9.15. The zero-order chi connectivity index (χ0) is 19.6.